The predicted molar refractivity (Wildman–Crippen MR) is 192 cm³/mol. The van der Waals surface area contributed by atoms with Crippen molar-refractivity contribution >= 4 is 56.9 Å². The summed E-state index contributed by atoms with van der Waals surface area (Å²) in [7, 11) is 1.70. The van der Waals surface area contributed by atoms with E-state index in [4.69, 9.17) is 21.1 Å². The number of carbonyl (C=O) groups is 4. The first-order valence-electron chi connectivity index (χ1n) is 17.3. The van der Waals surface area contributed by atoms with E-state index in [1.807, 2.05) is 49.4 Å². The van der Waals surface area contributed by atoms with Crippen LogP contribution in [-0.4, -0.2) is 89.1 Å². The molecule has 12 heteroatoms. The molecule has 10 nitrogen and oxygen atoms in total. The summed E-state index contributed by atoms with van der Waals surface area (Å²) in [4.78, 5) is 62.3. The quantitative estimate of drug-likeness (QED) is 0.212. The number of likely N-dealkylation sites (tertiary alicyclic amines) is 1. The highest BCUT2D eigenvalue weighted by atomic mass is 79.9. The number of allylic oxidation sites excluding steroid dienone is 1. The molecule has 4 aliphatic heterocycles. The van der Waals surface area contributed by atoms with Crippen molar-refractivity contribution in [2.24, 2.45) is 11.8 Å². The zero-order chi connectivity index (χ0) is 35.6. The van der Waals surface area contributed by atoms with Crippen LogP contribution in [0.1, 0.15) is 57.1 Å². The van der Waals surface area contributed by atoms with Gasteiger partial charge in [-0.1, -0.05) is 82.9 Å². The molecule has 2 aromatic rings. The fourth-order valence-corrected chi connectivity index (χ4v) is 8.61. The molecular weight excluding hydrogens is 726 g/mol. The summed E-state index contributed by atoms with van der Waals surface area (Å²) in [6, 6.07) is 14.6. The number of anilines is 1. The average Bonchev–Trinajstić information content (AvgIpc) is 3.71. The van der Waals surface area contributed by atoms with Crippen LogP contribution in [0.15, 0.2) is 77.3 Å². The second-order valence-electron chi connectivity index (χ2n) is 13.4. The number of aliphatic hydroxyl groups excluding tert-OH is 1. The molecule has 2 saturated heterocycles. The van der Waals surface area contributed by atoms with Crippen molar-refractivity contribution in [1.29, 1.82) is 0 Å². The molecule has 0 radical (unpaired) electrons. The van der Waals surface area contributed by atoms with Gasteiger partial charge in [0.25, 0.3) is 5.91 Å². The van der Waals surface area contributed by atoms with Gasteiger partial charge in [-0.25, -0.2) is 0 Å². The average molecular weight is 769 g/mol. The number of esters is 1. The molecule has 6 rings (SSSR count). The maximum absolute atomic E-state index is 15.0. The topological polar surface area (TPSA) is 117 Å². The van der Waals surface area contributed by atoms with Crippen molar-refractivity contribution in [2.75, 3.05) is 31.6 Å². The Hall–Kier alpha value is -3.51. The number of benzene rings is 2. The molecule has 0 saturated carbocycles. The van der Waals surface area contributed by atoms with E-state index < -0.39 is 47.7 Å². The van der Waals surface area contributed by atoms with Gasteiger partial charge < -0.3 is 29.3 Å². The summed E-state index contributed by atoms with van der Waals surface area (Å²) in [6.45, 7) is 2.38. The number of fused-ring (bicyclic) bond motifs is 2. The third-order valence-electron chi connectivity index (χ3n) is 10.4. The van der Waals surface area contributed by atoms with E-state index >= 15 is 0 Å². The zero-order valence-electron chi connectivity index (χ0n) is 28.3. The number of rotatable bonds is 8. The lowest BCUT2D eigenvalue weighted by atomic mass is 9.74. The van der Waals surface area contributed by atoms with Gasteiger partial charge >= 0.3 is 5.97 Å². The number of halogens is 2. The van der Waals surface area contributed by atoms with Crippen molar-refractivity contribution in [3.63, 3.8) is 0 Å². The normalized spacial score (nSPS) is 30.8. The maximum atomic E-state index is 15.0. The van der Waals surface area contributed by atoms with E-state index in [2.05, 4.69) is 15.9 Å². The van der Waals surface area contributed by atoms with Crippen LogP contribution in [-0.2, 0) is 28.7 Å². The van der Waals surface area contributed by atoms with E-state index in [-0.39, 0.29) is 43.8 Å². The lowest BCUT2D eigenvalue weighted by Crippen LogP contribution is -2.56. The first kappa shape index (κ1) is 36.3. The number of unbranched alkanes of at least 4 members (excludes halogenated alkanes) is 3. The van der Waals surface area contributed by atoms with Crippen LogP contribution in [0.5, 0.6) is 0 Å². The predicted octanol–water partition coefficient (Wildman–Crippen LogP) is 5.58. The Morgan fingerprint density at radius 2 is 1.66 bits per heavy atom. The van der Waals surface area contributed by atoms with E-state index in [1.165, 1.54) is 0 Å². The first-order valence-corrected chi connectivity index (χ1v) is 18.5. The number of amides is 3. The zero-order valence-corrected chi connectivity index (χ0v) is 30.6. The smallest absolute Gasteiger partial charge is 0.313 e. The Kier molecular flexibility index (Phi) is 11.2. The van der Waals surface area contributed by atoms with Crippen molar-refractivity contribution in [1.82, 2.24) is 9.80 Å². The van der Waals surface area contributed by atoms with Crippen LogP contribution in [0.25, 0.3) is 0 Å². The highest BCUT2D eigenvalue weighted by molar-refractivity contribution is 9.11. The van der Waals surface area contributed by atoms with Gasteiger partial charge in [0.05, 0.1) is 12.0 Å². The summed E-state index contributed by atoms with van der Waals surface area (Å²) in [5, 5.41) is 9.80. The van der Waals surface area contributed by atoms with Crippen LogP contribution in [0.2, 0.25) is 5.02 Å². The molecule has 3 amide bonds. The highest BCUT2D eigenvalue weighted by Crippen LogP contribution is 2.59. The van der Waals surface area contributed by atoms with Crippen LogP contribution in [0.3, 0.4) is 0 Å². The van der Waals surface area contributed by atoms with Gasteiger partial charge in [-0.15, -0.1) is 0 Å². The summed E-state index contributed by atoms with van der Waals surface area (Å²) in [6.07, 6.45) is 7.33. The number of ether oxygens (including phenoxy) is 2. The van der Waals surface area contributed by atoms with Gasteiger partial charge in [-0.2, -0.15) is 0 Å². The summed E-state index contributed by atoms with van der Waals surface area (Å²) in [5.74, 6) is -3.47. The lowest BCUT2D eigenvalue weighted by Gasteiger charge is -2.36. The number of carbonyl (C=O) groups excluding carboxylic acids is 4. The molecule has 5 bridgehead atoms. The first-order chi connectivity index (χ1) is 24.1. The van der Waals surface area contributed by atoms with Gasteiger partial charge in [0, 0.05) is 48.4 Å². The van der Waals surface area contributed by atoms with Gasteiger partial charge in [-0.3, -0.25) is 19.2 Å². The Bertz CT molecular complexity index is 1650. The fourth-order valence-electron chi connectivity index (χ4n) is 7.75. The van der Waals surface area contributed by atoms with Gasteiger partial charge in [0.15, 0.2) is 0 Å². The van der Waals surface area contributed by atoms with Crippen LogP contribution in [0.4, 0.5) is 5.69 Å². The number of hydrogen-bond acceptors (Lipinski definition) is 7. The summed E-state index contributed by atoms with van der Waals surface area (Å²) < 4.78 is 13.6. The summed E-state index contributed by atoms with van der Waals surface area (Å²) in [5.41, 5.74) is -0.123. The minimum atomic E-state index is -1.42. The summed E-state index contributed by atoms with van der Waals surface area (Å²) >= 11 is 9.85. The van der Waals surface area contributed by atoms with E-state index in [9.17, 15) is 24.3 Å². The number of hydrogen-bond donors (Lipinski definition) is 1. The monoisotopic (exact) mass is 767 g/mol. The lowest BCUT2D eigenvalue weighted by molar-refractivity contribution is -0.164. The van der Waals surface area contributed by atoms with Crippen molar-refractivity contribution in [3.8, 4) is 0 Å². The third-order valence-corrected chi connectivity index (χ3v) is 11.4. The molecule has 2 fully saturated rings. The molecule has 4 heterocycles. The molecule has 0 unspecified atom stereocenters. The van der Waals surface area contributed by atoms with E-state index in [0.717, 1.165) is 12.8 Å². The molecule has 1 N–H and O–H groups in total. The molecule has 50 heavy (non-hydrogen) atoms. The van der Waals surface area contributed by atoms with Gasteiger partial charge in [0.2, 0.25) is 11.8 Å². The Morgan fingerprint density at radius 3 is 2.38 bits per heavy atom. The van der Waals surface area contributed by atoms with Crippen LogP contribution in [0, 0.1) is 11.8 Å². The van der Waals surface area contributed by atoms with Crippen molar-refractivity contribution < 1.29 is 33.8 Å². The SMILES string of the molecule is C[C@@H]1[C@@H](c2ccccc2)OC(=O)[C@@H]2[C@H]3O[C@@]4(C=C3Br)[C@H](C(=O)N(c3ccc(Cl)cc3)C/C=C\CCC(=O)N1C)N(CCCCCCO)C(=O)[C@@H]24. The standard InChI is InChI=1S/C38H43BrClN3O7/c1-24-32(25-13-7-5-8-14-25)49-37(48)30-31-35(46)43(21-10-3-4-12-22-44)34(38(31)23-28(39)33(30)50-38)36(47)42(27-18-16-26(40)17-19-27)20-11-6-9-15-29(45)41(24)2/h5-8,11,13-14,16-19,23-24,30-34,44H,3-4,9-10,12,15,20-22H2,1-2H3/b11-6-/t24-,30+,31-,32+,33+,34+,38-/m1/s1. The van der Waals surface area contributed by atoms with Crippen LogP contribution >= 0.6 is 27.5 Å². The maximum Gasteiger partial charge on any atom is 0.313 e. The molecule has 0 aromatic heterocycles. The fraction of sp³-hybridized carbons (Fsp3) is 0.474. The largest absolute Gasteiger partial charge is 0.455 e. The number of cyclic esters (lactones) is 1. The van der Waals surface area contributed by atoms with Gasteiger partial charge in [0.1, 0.15) is 29.8 Å². The molecule has 7 atom stereocenters. The van der Waals surface area contributed by atoms with Crippen molar-refractivity contribution in [2.45, 2.75) is 75.3 Å². The Morgan fingerprint density at radius 1 is 0.940 bits per heavy atom. The molecule has 266 valence electrons. The Labute approximate surface area is 306 Å². The molecular formula is C38H43BrClN3O7. The highest BCUT2D eigenvalue weighted by Gasteiger charge is 2.75. The molecule has 0 aliphatic carbocycles. The third kappa shape index (κ3) is 6.77. The van der Waals surface area contributed by atoms with Crippen molar-refractivity contribution in [3.05, 3.63) is 87.9 Å². The molecule has 4 aliphatic rings. The molecule has 2 aromatic carbocycles. The molecule has 1 spiro atoms. The van der Waals surface area contributed by atoms with Gasteiger partial charge in [-0.05, 0) is 62.1 Å². The minimum Gasteiger partial charge on any atom is -0.455 e. The minimum absolute atomic E-state index is 0.0862. The van der Waals surface area contributed by atoms with E-state index in [1.54, 1.807) is 52.1 Å². The second-order valence-corrected chi connectivity index (χ2v) is 14.8. The number of likely N-dealkylation sites (N-methyl/N-ethyl adjacent to an activating group) is 1. The Balaban J connectivity index is 1.45. The number of nitrogens with zero attached hydrogens (tertiary/aromatic N) is 3. The van der Waals surface area contributed by atoms with E-state index in [0.29, 0.717) is 40.0 Å². The van der Waals surface area contributed by atoms with Crippen LogP contribution < -0.4 is 4.90 Å². The second kappa shape index (κ2) is 15.4. The number of aliphatic hydroxyl groups is 1.